The van der Waals surface area contributed by atoms with E-state index in [2.05, 4.69) is 17.6 Å². The Bertz CT molecular complexity index is 699. The third-order valence-corrected chi connectivity index (χ3v) is 3.62. The largest absolute Gasteiger partial charge is 0.493 e. The van der Waals surface area contributed by atoms with Gasteiger partial charge in [-0.05, 0) is 36.6 Å². The van der Waals surface area contributed by atoms with Crippen LogP contribution in [-0.4, -0.2) is 20.3 Å². The summed E-state index contributed by atoms with van der Waals surface area (Å²) in [5.74, 6) is 1.18. The molecule has 2 N–H and O–H groups in total. The molecule has 122 valence electrons. The van der Waals surface area contributed by atoms with Crippen LogP contribution in [0.4, 0.5) is 16.2 Å². The maximum absolute atomic E-state index is 12.3. The van der Waals surface area contributed by atoms with Crippen LogP contribution in [0.1, 0.15) is 18.1 Å². The summed E-state index contributed by atoms with van der Waals surface area (Å²) in [5.41, 5.74) is 3.62. The molecule has 0 atom stereocenters. The van der Waals surface area contributed by atoms with Crippen molar-refractivity contribution in [3.63, 3.8) is 0 Å². The smallest absolute Gasteiger partial charge is 0.323 e. The van der Waals surface area contributed by atoms with E-state index in [0.717, 1.165) is 23.2 Å². The van der Waals surface area contributed by atoms with Crippen LogP contribution in [0.5, 0.6) is 11.5 Å². The van der Waals surface area contributed by atoms with E-state index < -0.39 is 0 Å². The molecule has 0 bridgehead atoms. The third kappa shape index (κ3) is 3.94. The van der Waals surface area contributed by atoms with Crippen molar-refractivity contribution in [1.82, 2.24) is 0 Å². The zero-order chi connectivity index (χ0) is 16.8. The molecule has 2 aromatic carbocycles. The first-order valence-electron chi connectivity index (χ1n) is 7.47. The summed E-state index contributed by atoms with van der Waals surface area (Å²) in [6, 6.07) is 10.9. The highest BCUT2D eigenvalue weighted by molar-refractivity contribution is 6.00. The van der Waals surface area contributed by atoms with Crippen LogP contribution in [0.15, 0.2) is 36.4 Å². The van der Waals surface area contributed by atoms with E-state index in [4.69, 9.17) is 9.47 Å². The molecule has 2 aromatic rings. The van der Waals surface area contributed by atoms with Crippen LogP contribution in [0.2, 0.25) is 0 Å². The molecule has 0 fully saturated rings. The van der Waals surface area contributed by atoms with Gasteiger partial charge < -0.3 is 20.1 Å². The molecule has 2 rings (SSSR count). The van der Waals surface area contributed by atoms with Gasteiger partial charge in [-0.3, -0.25) is 0 Å². The summed E-state index contributed by atoms with van der Waals surface area (Å²) in [6.07, 6.45) is 0.855. The predicted octanol–water partition coefficient (Wildman–Crippen LogP) is 4.22. The number of carbonyl (C=O) groups excluding carboxylic acids is 1. The number of nitrogens with one attached hydrogen (secondary N) is 2. The maximum Gasteiger partial charge on any atom is 0.323 e. The van der Waals surface area contributed by atoms with Gasteiger partial charge in [-0.25, -0.2) is 4.79 Å². The van der Waals surface area contributed by atoms with E-state index >= 15 is 0 Å². The number of para-hydroxylation sites is 1. The zero-order valence-corrected chi connectivity index (χ0v) is 13.9. The summed E-state index contributed by atoms with van der Waals surface area (Å²) in [6.45, 7) is 4.04. The van der Waals surface area contributed by atoms with Crippen molar-refractivity contribution in [2.45, 2.75) is 20.3 Å². The van der Waals surface area contributed by atoms with E-state index in [-0.39, 0.29) is 6.03 Å². The second kappa shape index (κ2) is 7.54. The lowest BCUT2D eigenvalue weighted by atomic mass is 10.1. The van der Waals surface area contributed by atoms with Crippen molar-refractivity contribution in [3.05, 3.63) is 47.5 Å². The molecule has 0 saturated carbocycles. The Kier molecular flexibility index (Phi) is 5.46. The van der Waals surface area contributed by atoms with Crippen molar-refractivity contribution in [2.75, 3.05) is 24.9 Å². The minimum atomic E-state index is -0.291. The first-order chi connectivity index (χ1) is 11.1. The second-order valence-electron chi connectivity index (χ2n) is 5.11. The number of urea groups is 1. The van der Waals surface area contributed by atoms with Crippen molar-refractivity contribution >= 4 is 17.4 Å². The molecule has 0 aliphatic rings. The first-order valence-corrected chi connectivity index (χ1v) is 7.47. The number of benzene rings is 2. The van der Waals surface area contributed by atoms with E-state index in [9.17, 15) is 4.79 Å². The molecule has 0 aliphatic heterocycles. The van der Waals surface area contributed by atoms with E-state index in [1.54, 1.807) is 32.4 Å². The first kappa shape index (κ1) is 16.7. The average Bonchev–Trinajstić information content (AvgIpc) is 2.56. The van der Waals surface area contributed by atoms with Crippen LogP contribution >= 0.6 is 0 Å². The predicted molar refractivity (Wildman–Crippen MR) is 92.7 cm³/mol. The molecule has 2 amide bonds. The Morgan fingerprint density at radius 2 is 1.78 bits per heavy atom. The lowest BCUT2D eigenvalue weighted by Crippen LogP contribution is -2.21. The molecule has 23 heavy (non-hydrogen) atoms. The molecule has 5 nitrogen and oxygen atoms in total. The van der Waals surface area contributed by atoms with Gasteiger partial charge in [0.2, 0.25) is 0 Å². The fourth-order valence-electron chi connectivity index (χ4n) is 2.39. The Balaban J connectivity index is 2.14. The van der Waals surface area contributed by atoms with Gasteiger partial charge in [-0.15, -0.1) is 0 Å². The quantitative estimate of drug-likeness (QED) is 0.868. The van der Waals surface area contributed by atoms with Crippen LogP contribution in [0.3, 0.4) is 0 Å². The Labute approximate surface area is 136 Å². The average molecular weight is 314 g/mol. The molecular formula is C18H22N2O3. The number of rotatable bonds is 5. The normalized spacial score (nSPS) is 10.1. The van der Waals surface area contributed by atoms with Crippen molar-refractivity contribution in [1.29, 1.82) is 0 Å². The summed E-state index contributed by atoms with van der Waals surface area (Å²) in [7, 11) is 3.13. The van der Waals surface area contributed by atoms with Gasteiger partial charge in [-0.1, -0.05) is 25.1 Å². The highest BCUT2D eigenvalue weighted by atomic mass is 16.5. The van der Waals surface area contributed by atoms with Crippen LogP contribution < -0.4 is 20.1 Å². The number of aryl methyl sites for hydroxylation is 2. The highest BCUT2D eigenvalue weighted by Crippen LogP contribution is 2.30. The van der Waals surface area contributed by atoms with Gasteiger partial charge in [0.05, 0.1) is 14.2 Å². The summed E-state index contributed by atoms with van der Waals surface area (Å²) < 4.78 is 10.4. The molecular weight excluding hydrogens is 292 g/mol. The van der Waals surface area contributed by atoms with E-state index in [1.165, 1.54) is 0 Å². The lowest BCUT2D eigenvalue weighted by molar-refractivity contribution is 0.262. The van der Waals surface area contributed by atoms with Gasteiger partial charge in [-0.2, -0.15) is 0 Å². The lowest BCUT2D eigenvalue weighted by Gasteiger charge is -2.14. The van der Waals surface area contributed by atoms with Gasteiger partial charge in [0, 0.05) is 17.4 Å². The number of hydrogen-bond acceptors (Lipinski definition) is 3. The molecule has 0 heterocycles. The number of ether oxygens (including phenoxy) is 2. The van der Waals surface area contributed by atoms with E-state index in [0.29, 0.717) is 17.2 Å². The van der Waals surface area contributed by atoms with Crippen molar-refractivity contribution in [2.24, 2.45) is 0 Å². The Morgan fingerprint density at radius 1 is 1.04 bits per heavy atom. The van der Waals surface area contributed by atoms with E-state index in [1.807, 2.05) is 25.1 Å². The summed E-state index contributed by atoms with van der Waals surface area (Å²) in [5, 5.41) is 5.73. The molecule has 0 radical (unpaired) electrons. The monoisotopic (exact) mass is 314 g/mol. The summed E-state index contributed by atoms with van der Waals surface area (Å²) >= 11 is 0. The third-order valence-electron chi connectivity index (χ3n) is 3.62. The molecule has 0 aliphatic carbocycles. The molecule has 0 spiro atoms. The van der Waals surface area contributed by atoms with Crippen molar-refractivity contribution in [3.8, 4) is 11.5 Å². The number of amides is 2. The number of carbonyl (C=O) groups is 1. The van der Waals surface area contributed by atoms with Gasteiger partial charge in [0.15, 0.2) is 11.5 Å². The minimum absolute atomic E-state index is 0.291. The number of methoxy groups -OCH3 is 2. The minimum Gasteiger partial charge on any atom is -0.493 e. The highest BCUT2D eigenvalue weighted by Gasteiger charge is 2.10. The second-order valence-corrected chi connectivity index (χ2v) is 5.11. The summed E-state index contributed by atoms with van der Waals surface area (Å²) in [4.78, 5) is 12.3. The van der Waals surface area contributed by atoms with Crippen molar-refractivity contribution < 1.29 is 14.3 Å². The maximum atomic E-state index is 12.3. The van der Waals surface area contributed by atoms with Crippen LogP contribution in [0, 0.1) is 6.92 Å². The number of hydrogen-bond donors (Lipinski definition) is 2. The molecule has 5 heteroatoms. The van der Waals surface area contributed by atoms with Crippen LogP contribution in [0.25, 0.3) is 0 Å². The zero-order valence-electron chi connectivity index (χ0n) is 13.9. The van der Waals surface area contributed by atoms with Gasteiger partial charge in [0.25, 0.3) is 0 Å². The Morgan fingerprint density at radius 3 is 2.43 bits per heavy atom. The van der Waals surface area contributed by atoms with Crippen LogP contribution in [-0.2, 0) is 6.42 Å². The molecule has 0 saturated heterocycles. The fraction of sp³-hybridized carbons (Fsp3) is 0.278. The van der Waals surface area contributed by atoms with Gasteiger partial charge >= 0.3 is 6.03 Å². The number of anilines is 2. The Hall–Kier alpha value is -2.69. The molecule has 0 unspecified atom stereocenters. The SMILES string of the molecule is CCc1cccc(C)c1NC(=O)Nc1ccc(OC)c(OC)c1. The topological polar surface area (TPSA) is 59.6 Å². The van der Waals surface area contributed by atoms with Gasteiger partial charge in [0.1, 0.15) is 0 Å². The molecule has 0 aromatic heterocycles. The standard InChI is InChI=1S/C18H22N2O3/c1-5-13-8-6-7-12(2)17(13)20-18(21)19-14-9-10-15(22-3)16(11-14)23-4/h6-11H,5H2,1-4H3,(H2,19,20,21). The fourth-order valence-corrected chi connectivity index (χ4v) is 2.39.